The standard InChI is InChI=1S/C15H20Si/c1-16(2,3)14-10-5-4-7-11-15-12-8-6-9-13-15/h4-14H,1-3H3/b5-4+,11-7-,14-10+. The van der Waals surface area contributed by atoms with Gasteiger partial charge >= 0.3 is 0 Å². The molecule has 0 bridgehead atoms. The first-order valence-electron chi connectivity index (χ1n) is 5.65. The molecular weight excluding hydrogens is 208 g/mol. The molecule has 0 N–H and O–H groups in total. The molecule has 1 aromatic rings. The van der Waals surface area contributed by atoms with E-state index in [4.69, 9.17) is 0 Å². The van der Waals surface area contributed by atoms with E-state index in [0.717, 1.165) is 0 Å². The van der Waals surface area contributed by atoms with Gasteiger partial charge in [0.15, 0.2) is 0 Å². The molecule has 1 heteroatoms. The van der Waals surface area contributed by atoms with E-state index in [0.29, 0.717) is 0 Å². The lowest BCUT2D eigenvalue weighted by molar-refractivity contribution is 1.66. The number of benzene rings is 1. The van der Waals surface area contributed by atoms with Gasteiger partial charge < -0.3 is 0 Å². The Bertz CT molecular complexity index is 378. The van der Waals surface area contributed by atoms with Crippen LogP contribution in [0.4, 0.5) is 0 Å². The maximum Gasteiger partial charge on any atom is 0.0687 e. The van der Waals surface area contributed by atoms with Crippen molar-refractivity contribution in [2.45, 2.75) is 19.6 Å². The average Bonchev–Trinajstić information content (AvgIpc) is 2.23. The highest BCUT2D eigenvalue weighted by Gasteiger charge is 2.05. The first kappa shape index (κ1) is 12.7. The maximum atomic E-state index is 2.33. The van der Waals surface area contributed by atoms with Crippen LogP contribution in [0.25, 0.3) is 6.08 Å². The monoisotopic (exact) mass is 228 g/mol. The van der Waals surface area contributed by atoms with Crippen molar-refractivity contribution in [3.05, 3.63) is 65.9 Å². The summed E-state index contributed by atoms with van der Waals surface area (Å²) in [6, 6.07) is 10.3. The highest BCUT2D eigenvalue weighted by molar-refractivity contribution is 6.80. The second-order valence-corrected chi connectivity index (χ2v) is 9.95. The van der Waals surface area contributed by atoms with Gasteiger partial charge in [-0.15, -0.1) is 0 Å². The second kappa shape index (κ2) is 6.29. The topological polar surface area (TPSA) is 0 Å². The van der Waals surface area contributed by atoms with Crippen molar-refractivity contribution in [1.82, 2.24) is 0 Å². The third kappa shape index (κ3) is 6.20. The maximum absolute atomic E-state index is 2.33. The molecule has 1 aromatic carbocycles. The van der Waals surface area contributed by atoms with Gasteiger partial charge in [-0.3, -0.25) is 0 Å². The van der Waals surface area contributed by atoms with Crippen LogP contribution < -0.4 is 0 Å². The first-order valence-corrected chi connectivity index (χ1v) is 9.23. The van der Waals surface area contributed by atoms with Gasteiger partial charge in [0.2, 0.25) is 0 Å². The second-order valence-electron chi connectivity index (χ2n) is 4.88. The summed E-state index contributed by atoms with van der Waals surface area (Å²) in [6.07, 6.45) is 10.5. The molecule has 0 aromatic heterocycles. The molecule has 0 amide bonds. The summed E-state index contributed by atoms with van der Waals surface area (Å²) in [7, 11) is -1.04. The van der Waals surface area contributed by atoms with Crippen LogP contribution in [0.1, 0.15) is 5.56 Å². The Balaban J connectivity index is 2.44. The van der Waals surface area contributed by atoms with Crippen molar-refractivity contribution in [1.29, 1.82) is 0 Å². The lowest BCUT2D eigenvalue weighted by atomic mass is 10.2. The lowest BCUT2D eigenvalue weighted by Crippen LogP contribution is -2.14. The van der Waals surface area contributed by atoms with Crippen molar-refractivity contribution in [3.8, 4) is 0 Å². The predicted molar refractivity (Wildman–Crippen MR) is 77.1 cm³/mol. The zero-order valence-electron chi connectivity index (χ0n) is 10.4. The highest BCUT2D eigenvalue weighted by atomic mass is 28.3. The predicted octanol–water partition coefficient (Wildman–Crippen LogP) is 4.69. The molecule has 0 spiro atoms. The van der Waals surface area contributed by atoms with E-state index in [2.05, 4.69) is 80.0 Å². The van der Waals surface area contributed by atoms with Gasteiger partial charge in [-0.25, -0.2) is 0 Å². The zero-order chi connectivity index (χ0) is 11.9. The van der Waals surface area contributed by atoms with Crippen LogP contribution >= 0.6 is 0 Å². The van der Waals surface area contributed by atoms with Gasteiger partial charge in [0.25, 0.3) is 0 Å². The minimum Gasteiger partial charge on any atom is -0.0950 e. The van der Waals surface area contributed by atoms with Crippen LogP contribution in [0, 0.1) is 0 Å². The zero-order valence-corrected chi connectivity index (χ0v) is 11.4. The number of hydrogen-bond donors (Lipinski definition) is 0. The van der Waals surface area contributed by atoms with E-state index in [1.165, 1.54) is 5.56 Å². The van der Waals surface area contributed by atoms with Crippen molar-refractivity contribution in [2.24, 2.45) is 0 Å². The van der Waals surface area contributed by atoms with Gasteiger partial charge in [0, 0.05) is 0 Å². The Hall–Kier alpha value is -1.34. The molecular formula is C15H20Si. The number of hydrogen-bond acceptors (Lipinski definition) is 0. The van der Waals surface area contributed by atoms with Gasteiger partial charge in [0.1, 0.15) is 0 Å². The molecule has 0 aliphatic rings. The van der Waals surface area contributed by atoms with Gasteiger partial charge in [-0.05, 0) is 5.56 Å². The van der Waals surface area contributed by atoms with E-state index in [9.17, 15) is 0 Å². The molecule has 0 saturated heterocycles. The minimum atomic E-state index is -1.04. The van der Waals surface area contributed by atoms with Crippen LogP contribution in [-0.2, 0) is 0 Å². The Kier molecular flexibility index (Phi) is 5.00. The van der Waals surface area contributed by atoms with Crippen LogP contribution in [0.3, 0.4) is 0 Å². The van der Waals surface area contributed by atoms with E-state index in [1.54, 1.807) is 0 Å². The fraction of sp³-hybridized carbons (Fsp3) is 0.200. The summed E-state index contributed by atoms with van der Waals surface area (Å²) in [4.78, 5) is 0. The summed E-state index contributed by atoms with van der Waals surface area (Å²) in [6.45, 7) is 6.99. The average molecular weight is 228 g/mol. The van der Waals surface area contributed by atoms with Crippen molar-refractivity contribution >= 4 is 14.1 Å². The Morgan fingerprint density at radius 1 is 0.812 bits per heavy atom. The van der Waals surface area contributed by atoms with Gasteiger partial charge in [0.05, 0.1) is 8.07 Å². The quantitative estimate of drug-likeness (QED) is 0.518. The van der Waals surface area contributed by atoms with E-state index >= 15 is 0 Å². The number of allylic oxidation sites excluding steroid dienone is 4. The molecule has 0 atom stereocenters. The van der Waals surface area contributed by atoms with Crippen LogP contribution in [0.15, 0.2) is 60.3 Å². The van der Waals surface area contributed by atoms with E-state index in [1.807, 2.05) is 6.07 Å². The van der Waals surface area contributed by atoms with Crippen LogP contribution in [0.5, 0.6) is 0 Å². The molecule has 0 saturated carbocycles. The number of rotatable bonds is 4. The minimum absolute atomic E-state index is 1.04. The summed E-state index contributed by atoms with van der Waals surface area (Å²) in [5.74, 6) is 0. The van der Waals surface area contributed by atoms with Gasteiger partial charge in [-0.1, -0.05) is 86.1 Å². The normalized spacial score (nSPS) is 13.2. The molecule has 0 nitrogen and oxygen atoms in total. The molecule has 0 aliphatic heterocycles. The highest BCUT2D eigenvalue weighted by Crippen LogP contribution is 2.02. The third-order valence-electron chi connectivity index (χ3n) is 2.02. The fourth-order valence-electron chi connectivity index (χ4n) is 1.20. The molecule has 0 heterocycles. The van der Waals surface area contributed by atoms with Gasteiger partial charge in [-0.2, -0.15) is 0 Å². The van der Waals surface area contributed by atoms with Crippen LogP contribution in [-0.4, -0.2) is 8.07 Å². The molecule has 1 rings (SSSR count). The van der Waals surface area contributed by atoms with Crippen molar-refractivity contribution < 1.29 is 0 Å². The van der Waals surface area contributed by atoms with Crippen molar-refractivity contribution in [3.63, 3.8) is 0 Å². The molecule has 16 heavy (non-hydrogen) atoms. The van der Waals surface area contributed by atoms with E-state index in [-0.39, 0.29) is 0 Å². The smallest absolute Gasteiger partial charge is 0.0687 e. The Labute approximate surface area is 100 Å². The molecule has 0 fully saturated rings. The molecule has 84 valence electrons. The first-order chi connectivity index (χ1) is 7.58. The van der Waals surface area contributed by atoms with Crippen LogP contribution in [0.2, 0.25) is 19.6 Å². The molecule has 0 aliphatic carbocycles. The summed E-state index contributed by atoms with van der Waals surface area (Å²) in [5.41, 5.74) is 3.57. The van der Waals surface area contributed by atoms with Crippen molar-refractivity contribution in [2.75, 3.05) is 0 Å². The summed E-state index contributed by atoms with van der Waals surface area (Å²) < 4.78 is 0. The summed E-state index contributed by atoms with van der Waals surface area (Å²) in [5, 5.41) is 0. The Morgan fingerprint density at radius 2 is 1.44 bits per heavy atom. The third-order valence-corrected chi connectivity index (χ3v) is 3.21. The Morgan fingerprint density at radius 3 is 2.06 bits per heavy atom. The summed E-state index contributed by atoms with van der Waals surface area (Å²) >= 11 is 0. The van der Waals surface area contributed by atoms with E-state index < -0.39 is 8.07 Å². The SMILES string of the molecule is C[Si](C)(C)/C=C/C=C/C=C\c1ccccc1. The molecule has 0 radical (unpaired) electrons. The lowest BCUT2D eigenvalue weighted by Gasteiger charge is -2.06. The largest absolute Gasteiger partial charge is 0.0950 e. The fourth-order valence-corrected chi connectivity index (χ4v) is 1.89. The molecule has 0 unspecified atom stereocenters.